The lowest BCUT2D eigenvalue weighted by Gasteiger charge is -2.24. The van der Waals surface area contributed by atoms with Crippen LogP contribution >= 0.6 is 0 Å². The number of nitrogens with one attached hydrogen (secondary N) is 1. The van der Waals surface area contributed by atoms with Gasteiger partial charge in [0, 0.05) is 5.41 Å². The fourth-order valence-electron chi connectivity index (χ4n) is 1.51. The molecule has 1 N–H and O–H groups in total. The van der Waals surface area contributed by atoms with Gasteiger partial charge in [-0.1, -0.05) is 47.5 Å². The molecule has 0 unspecified atom stereocenters. The summed E-state index contributed by atoms with van der Waals surface area (Å²) in [4.78, 5) is 11.9. The number of rotatable bonds is 5. The second kappa shape index (κ2) is 6.64. The maximum Gasteiger partial charge on any atom is 0.226 e. The van der Waals surface area contributed by atoms with Crippen LogP contribution in [0, 0.1) is 16.7 Å². The molecule has 0 aromatic rings. The summed E-state index contributed by atoms with van der Waals surface area (Å²) in [6, 6.07) is 2.18. The number of unbranched alkanes of at least 4 members (excludes halogenated alkanes) is 1. The molecule has 1 saturated carbocycles. The van der Waals surface area contributed by atoms with E-state index < -0.39 is 5.54 Å². The van der Waals surface area contributed by atoms with Gasteiger partial charge in [0.2, 0.25) is 5.91 Å². The molecule has 0 spiro atoms. The Balaban J connectivity index is 0.00000121. The normalized spacial score (nSPS) is 16.2. The fraction of sp³-hybridized carbons (Fsp3) is 0.857. The van der Waals surface area contributed by atoms with Crippen LogP contribution in [0.1, 0.15) is 66.7 Å². The van der Waals surface area contributed by atoms with E-state index >= 15 is 0 Å². The molecule has 1 aliphatic carbocycles. The molecule has 1 aliphatic rings. The Bertz CT molecular complexity index is 285. The van der Waals surface area contributed by atoms with Crippen LogP contribution in [0.3, 0.4) is 0 Å². The summed E-state index contributed by atoms with van der Waals surface area (Å²) in [5, 5.41) is 11.7. The summed E-state index contributed by atoms with van der Waals surface area (Å²) >= 11 is 0. The van der Waals surface area contributed by atoms with Crippen molar-refractivity contribution in [3.8, 4) is 6.07 Å². The van der Waals surface area contributed by atoms with Crippen molar-refractivity contribution >= 4 is 5.91 Å². The zero-order valence-corrected chi connectivity index (χ0v) is 11.9. The third kappa shape index (κ3) is 4.77. The van der Waals surface area contributed by atoms with E-state index in [9.17, 15) is 4.79 Å². The summed E-state index contributed by atoms with van der Waals surface area (Å²) in [6.07, 6.45) is 4.65. The number of nitrogens with zero attached hydrogens (tertiary/aromatic N) is 1. The Labute approximate surface area is 106 Å². The lowest BCUT2D eigenvalue weighted by Crippen LogP contribution is -2.43. The van der Waals surface area contributed by atoms with Gasteiger partial charge in [-0.2, -0.15) is 5.26 Å². The summed E-state index contributed by atoms with van der Waals surface area (Å²) < 4.78 is 0. The fourth-order valence-corrected chi connectivity index (χ4v) is 1.51. The molecule has 3 heteroatoms. The standard InChI is InChI=1S/C12H20N2O.C2H6/c1-4-5-6-11(2,3)10(15)14-12(9-13)7-8-12;1-2/h4-8H2,1-3H3,(H,14,15);1-2H3. The number of hydrogen-bond acceptors (Lipinski definition) is 2. The van der Waals surface area contributed by atoms with E-state index in [2.05, 4.69) is 18.3 Å². The zero-order valence-electron chi connectivity index (χ0n) is 11.9. The van der Waals surface area contributed by atoms with Crippen LogP contribution in [0.2, 0.25) is 0 Å². The van der Waals surface area contributed by atoms with Crippen molar-refractivity contribution in [2.24, 2.45) is 5.41 Å². The first kappa shape index (κ1) is 16.0. The van der Waals surface area contributed by atoms with Gasteiger partial charge in [-0.3, -0.25) is 4.79 Å². The van der Waals surface area contributed by atoms with Gasteiger partial charge in [-0.15, -0.1) is 0 Å². The third-order valence-electron chi connectivity index (χ3n) is 3.09. The highest BCUT2D eigenvalue weighted by Crippen LogP contribution is 2.36. The van der Waals surface area contributed by atoms with E-state index in [4.69, 9.17) is 5.26 Å². The Kier molecular flexibility index (Phi) is 6.23. The molecule has 0 aromatic heterocycles. The van der Waals surface area contributed by atoms with E-state index in [0.29, 0.717) is 0 Å². The first-order chi connectivity index (χ1) is 7.96. The molecule has 0 heterocycles. The molecule has 3 nitrogen and oxygen atoms in total. The van der Waals surface area contributed by atoms with Crippen molar-refractivity contribution in [2.75, 3.05) is 0 Å². The van der Waals surface area contributed by atoms with Crippen molar-refractivity contribution in [2.45, 2.75) is 72.3 Å². The van der Waals surface area contributed by atoms with Gasteiger partial charge in [-0.25, -0.2) is 0 Å². The molecule has 1 fully saturated rings. The molecule has 98 valence electrons. The summed E-state index contributed by atoms with van der Waals surface area (Å²) in [6.45, 7) is 10.0. The predicted octanol–water partition coefficient (Wildman–Crippen LogP) is 3.40. The third-order valence-corrected chi connectivity index (χ3v) is 3.09. The SMILES string of the molecule is CC.CCCCC(C)(C)C(=O)NC1(C#N)CC1. The van der Waals surface area contributed by atoms with Crippen LogP contribution in [0.5, 0.6) is 0 Å². The molecule has 0 aliphatic heterocycles. The Morgan fingerprint density at radius 3 is 2.29 bits per heavy atom. The van der Waals surface area contributed by atoms with E-state index in [0.717, 1.165) is 32.1 Å². The number of hydrogen-bond donors (Lipinski definition) is 1. The van der Waals surface area contributed by atoms with E-state index in [1.807, 2.05) is 27.7 Å². The topological polar surface area (TPSA) is 52.9 Å². The largest absolute Gasteiger partial charge is 0.337 e. The minimum Gasteiger partial charge on any atom is -0.337 e. The van der Waals surface area contributed by atoms with Crippen molar-refractivity contribution in [3.05, 3.63) is 0 Å². The Morgan fingerprint density at radius 2 is 1.94 bits per heavy atom. The second-order valence-corrected chi connectivity index (χ2v) is 5.14. The number of carbonyl (C=O) groups excluding carboxylic acids is 1. The van der Waals surface area contributed by atoms with Crippen LogP contribution in [-0.2, 0) is 4.79 Å². The number of nitriles is 1. The van der Waals surface area contributed by atoms with E-state index in [1.54, 1.807) is 0 Å². The minimum absolute atomic E-state index is 0.0231. The molecule has 0 aromatic carbocycles. The zero-order chi connectivity index (χ0) is 13.5. The van der Waals surface area contributed by atoms with Crippen molar-refractivity contribution < 1.29 is 4.79 Å². The number of carbonyl (C=O) groups is 1. The summed E-state index contributed by atoms with van der Waals surface area (Å²) in [7, 11) is 0. The highest BCUT2D eigenvalue weighted by atomic mass is 16.2. The lowest BCUT2D eigenvalue weighted by molar-refractivity contribution is -0.130. The minimum atomic E-state index is -0.527. The van der Waals surface area contributed by atoms with Gasteiger partial charge in [0.15, 0.2) is 0 Å². The molecular weight excluding hydrogens is 212 g/mol. The Hall–Kier alpha value is -1.04. The van der Waals surface area contributed by atoms with E-state index in [1.165, 1.54) is 0 Å². The smallest absolute Gasteiger partial charge is 0.226 e. The van der Waals surface area contributed by atoms with Gasteiger partial charge in [-0.05, 0) is 19.3 Å². The summed E-state index contributed by atoms with van der Waals surface area (Å²) in [5.74, 6) is 0.0231. The van der Waals surface area contributed by atoms with Gasteiger partial charge >= 0.3 is 0 Å². The second-order valence-electron chi connectivity index (χ2n) is 5.14. The van der Waals surface area contributed by atoms with Crippen LogP contribution < -0.4 is 5.32 Å². The Morgan fingerprint density at radius 1 is 1.41 bits per heavy atom. The van der Waals surface area contributed by atoms with Crippen molar-refractivity contribution in [3.63, 3.8) is 0 Å². The molecule has 17 heavy (non-hydrogen) atoms. The van der Waals surface area contributed by atoms with Crippen molar-refractivity contribution in [1.29, 1.82) is 5.26 Å². The average molecular weight is 238 g/mol. The molecule has 0 bridgehead atoms. The monoisotopic (exact) mass is 238 g/mol. The lowest BCUT2D eigenvalue weighted by atomic mass is 9.86. The van der Waals surface area contributed by atoms with Gasteiger partial charge in [0.25, 0.3) is 0 Å². The van der Waals surface area contributed by atoms with Crippen LogP contribution in [0.15, 0.2) is 0 Å². The predicted molar refractivity (Wildman–Crippen MR) is 70.4 cm³/mol. The molecule has 1 amide bonds. The average Bonchev–Trinajstić information content (AvgIpc) is 3.09. The van der Waals surface area contributed by atoms with Crippen molar-refractivity contribution in [1.82, 2.24) is 5.32 Å². The maximum absolute atomic E-state index is 11.9. The van der Waals surface area contributed by atoms with Crippen LogP contribution in [-0.4, -0.2) is 11.4 Å². The first-order valence-corrected chi connectivity index (χ1v) is 6.70. The van der Waals surface area contributed by atoms with Crippen LogP contribution in [0.25, 0.3) is 0 Å². The molecule has 0 saturated heterocycles. The summed E-state index contributed by atoms with van der Waals surface area (Å²) in [5.41, 5.74) is -0.872. The highest BCUT2D eigenvalue weighted by Gasteiger charge is 2.46. The van der Waals surface area contributed by atoms with Gasteiger partial charge in [0.05, 0.1) is 6.07 Å². The van der Waals surface area contributed by atoms with Crippen LogP contribution in [0.4, 0.5) is 0 Å². The molecular formula is C14H26N2O. The van der Waals surface area contributed by atoms with Gasteiger partial charge < -0.3 is 5.32 Å². The highest BCUT2D eigenvalue weighted by molar-refractivity contribution is 5.83. The number of amides is 1. The molecule has 1 rings (SSSR count). The molecule has 0 radical (unpaired) electrons. The first-order valence-electron chi connectivity index (χ1n) is 6.70. The quantitative estimate of drug-likeness (QED) is 0.798. The molecule has 0 atom stereocenters. The maximum atomic E-state index is 11.9. The van der Waals surface area contributed by atoms with Gasteiger partial charge in [0.1, 0.15) is 5.54 Å². The van der Waals surface area contributed by atoms with E-state index in [-0.39, 0.29) is 11.3 Å².